The predicted molar refractivity (Wildman–Crippen MR) is 98.9 cm³/mol. The van der Waals surface area contributed by atoms with E-state index in [1.54, 1.807) is 22.7 Å². The largest absolute Gasteiger partial charge is 0.497 e. The maximum atomic E-state index is 14.4. The first-order valence-corrected chi connectivity index (χ1v) is 8.55. The molecular weight excluding hydrogens is 359 g/mol. The molecular formula is C18H22F3N5O. The summed E-state index contributed by atoms with van der Waals surface area (Å²) in [5.41, 5.74) is 0.812. The Bertz CT molecular complexity index is 988. The van der Waals surface area contributed by atoms with Gasteiger partial charge in [-0.25, -0.2) is 23.1 Å². The molecule has 0 bridgehead atoms. The number of pyridine rings is 2. The van der Waals surface area contributed by atoms with Gasteiger partial charge in [-0.1, -0.05) is 0 Å². The standard InChI is InChI=1S/C18H18F3N5O.2H2/c1-27-10-3-5-26-15(9-23-16(26)6-10)17-12(20)7-13(21)18(25-17)24-14-8-22-4-2-11(14)19;;/h3,5-7,9,11,14,22H,2,4,8H2,1H3,(H,24,25);2*1H/t11-,14-;;/m1../s1. The van der Waals surface area contributed by atoms with E-state index in [1.165, 1.54) is 13.3 Å². The summed E-state index contributed by atoms with van der Waals surface area (Å²) in [5.74, 6) is -1.28. The van der Waals surface area contributed by atoms with Crippen LogP contribution in [0.4, 0.5) is 19.0 Å². The highest BCUT2D eigenvalue weighted by molar-refractivity contribution is 5.63. The van der Waals surface area contributed by atoms with Crippen molar-refractivity contribution in [1.82, 2.24) is 19.7 Å². The molecule has 0 unspecified atom stereocenters. The normalized spacial score (nSPS) is 20.0. The van der Waals surface area contributed by atoms with Crippen molar-refractivity contribution in [2.45, 2.75) is 18.6 Å². The Balaban J connectivity index is 0.00000150. The first kappa shape index (κ1) is 17.6. The van der Waals surface area contributed by atoms with Gasteiger partial charge in [0.2, 0.25) is 0 Å². The van der Waals surface area contributed by atoms with Crippen LogP contribution in [0.15, 0.2) is 30.6 Å². The average Bonchev–Trinajstić information content (AvgIpc) is 3.08. The molecule has 3 aromatic rings. The molecule has 0 radical (unpaired) electrons. The lowest BCUT2D eigenvalue weighted by Crippen LogP contribution is -2.46. The minimum Gasteiger partial charge on any atom is -0.497 e. The fraction of sp³-hybridized carbons (Fsp3) is 0.333. The summed E-state index contributed by atoms with van der Waals surface area (Å²) in [6.07, 6.45) is 2.30. The summed E-state index contributed by atoms with van der Waals surface area (Å²) < 4.78 is 49.5. The molecule has 3 aromatic heterocycles. The van der Waals surface area contributed by atoms with Crippen LogP contribution in [0.5, 0.6) is 5.75 Å². The van der Waals surface area contributed by atoms with Crippen LogP contribution in [0.1, 0.15) is 9.27 Å². The van der Waals surface area contributed by atoms with Crippen LogP contribution in [0.25, 0.3) is 17.0 Å². The van der Waals surface area contributed by atoms with Gasteiger partial charge >= 0.3 is 0 Å². The van der Waals surface area contributed by atoms with E-state index in [4.69, 9.17) is 4.74 Å². The quantitative estimate of drug-likeness (QED) is 0.726. The summed E-state index contributed by atoms with van der Waals surface area (Å²) in [5, 5.41) is 5.80. The number of imidazole rings is 1. The van der Waals surface area contributed by atoms with E-state index in [0.717, 1.165) is 6.07 Å². The summed E-state index contributed by atoms with van der Waals surface area (Å²) in [6, 6.07) is 3.49. The lowest BCUT2D eigenvalue weighted by Gasteiger charge is -2.28. The maximum absolute atomic E-state index is 14.4. The molecule has 4 rings (SSSR count). The number of hydrogen-bond acceptors (Lipinski definition) is 5. The Hall–Kier alpha value is -2.81. The minimum atomic E-state index is -1.13. The topological polar surface area (TPSA) is 63.5 Å². The van der Waals surface area contributed by atoms with E-state index in [0.29, 0.717) is 36.6 Å². The molecule has 0 saturated carbocycles. The van der Waals surface area contributed by atoms with Gasteiger partial charge in [-0.3, -0.25) is 4.40 Å². The molecule has 2 N–H and O–H groups in total. The van der Waals surface area contributed by atoms with E-state index >= 15 is 0 Å². The number of ether oxygens (including phenoxy) is 1. The fourth-order valence-corrected chi connectivity index (χ4v) is 3.16. The van der Waals surface area contributed by atoms with Gasteiger partial charge in [0.25, 0.3) is 0 Å². The van der Waals surface area contributed by atoms with Crippen LogP contribution < -0.4 is 15.4 Å². The molecule has 1 fully saturated rings. The maximum Gasteiger partial charge on any atom is 0.168 e. The van der Waals surface area contributed by atoms with Crippen LogP contribution in [-0.2, 0) is 0 Å². The van der Waals surface area contributed by atoms with Gasteiger partial charge < -0.3 is 15.4 Å². The number of alkyl halides is 1. The third-order valence-electron chi connectivity index (χ3n) is 4.61. The van der Waals surface area contributed by atoms with E-state index in [1.807, 2.05) is 0 Å². The van der Waals surface area contributed by atoms with E-state index in [2.05, 4.69) is 20.6 Å². The summed E-state index contributed by atoms with van der Waals surface area (Å²) in [6.45, 7) is 0.902. The van der Waals surface area contributed by atoms with Gasteiger partial charge in [0.15, 0.2) is 17.5 Å². The van der Waals surface area contributed by atoms with Gasteiger partial charge in [0.05, 0.1) is 25.0 Å². The monoisotopic (exact) mass is 381 g/mol. The minimum absolute atomic E-state index is 0. The second kappa shape index (κ2) is 7.07. The summed E-state index contributed by atoms with van der Waals surface area (Å²) in [7, 11) is 1.53. The average molecular weight is 381 g/mol. The molecule has 0 spiro atoms. The van der Waals surface area contributed by atoms with Crippen LogP contribution >= 0.6 is 0 Å². The first-order valence-electron chi connectivity index (χ1n) is 8.55. The fourth-order valence-electron chi connectivity index (χ4n) is 3.16. The SMILES string of the molecule is COc1ccn2c(-c3nc(N[C@@H]4CNCC[C@H]4F)c(F)cc3F)cnc2c1.[HH].[HH]. The second-order valence-corrected chi connectivity index (χ2v) is 6.35. The molecule has 0 aromatic carbocycles. The molecule has 1 saturated heterocycles. The van der Waals surface area contributed by atoms with Gasteiger partial charge in [0.1, 0.15) is 23.3 Å². The van der Waals surface area contributed by atoms with Gasteiger partial charge in [-0.15, -0.1) is 0 Å². The van der Waals surface area contributed by atoms with E-state index in [9.17, 15) is 13.2 Å². The Morgan fingerprint density at radius 2 is 2.19 bits per heavy atom. The van der Waals surface area contributed by atoms with E-state index < -0.39 is 23.8 Å². The molecule has 0 amide bonds. The highest BCUT2D eigenvalue weighted by atomic mass is 19.1. The van der Waals surface area contributed by atoms with Crippen LogP contribution in [0.3, 0.4) is 0 Å². The zero-order valence-corrected chi connectivity index (χ0v) is 14.5. The summed E-state index contributed by atoms with van der Waals surface area (Å²) in [4.78, 5) is 8.30. The van der Waals surface area contributed by atoms with E-state index in [-0.39, 0.29) is 14.4 Å². The van der Waals surface area contributed by atoms with Gasteiger partial charge in [-0.05, 0) is 19.0 Å². The summed E-state index contributed by atoms with van der Waals surface area (Å²) >= 11 is 0. The molecule has 9 heteroatoms. The third-order valence-corrected chi connectivity index (χ3v) is 4.61. The molecule has 1 aliphatic rings. The van der Waals surface area contributed by atoms with Gasteiger partial charge in [0, 0.05) is 27.7 Å². The molecule has 0 aliphatic carbocycles. The van der Waals surface area contributed by atoms with Crippen molar-refractivity contribution in [3.8, 4) is 17.1 Å². The Kier molecular flexibility index (Phi) is 4.61. The van der Waals surface area contributed by atoms with Crippen molar-refractivity contribution in [3.63, 3.8) is 0 Å². The molecule has 1 aliphatic heterocycles. The number of halogens is 3. The zero-order chi connectivity index (χ0) is 19.0. The van der Waals surface area contributed by atoms with Crippen molar-refractivity contribution in [2.24, 2.45) is 0 Å². The first-order chi connectivity index (χ1) is 13.1. The van der Waals surface area contributed by atoms with Crippen molar-refractivity contribution in [3.05, 3.63) is 42.2 Å². The Morgan fingerprint density at radius 3 is 2.96 bits per heavy atom. The molecule has 146 valence electrons. The highest BCUT2D eigenvalue weighted by Gasteiger charge is 2.26. The van der Waals surface area contributed by atoms with Crippen molar-refractivity contribution in [1.29, 1.82) is 0 Å². The van der Waals surface area contributed by atoms with Crippen molar-refractivity contribution in [2.75, 3.05) is 25.5 Å². The second-order valence-electron chi connectivity index (χ2n) is 6.35. The van der Waals surface area contributed by atoms with Crippen LogP contribution in [-0.4, -0.2) is 46.8 Å². The lowest BCUT2D eigenvalue weighted by molar-refractivity contribution is 0.240. The van der Waals surface area contributed by atoms with Crippen LogP contribution in [0.2, 0.25) is 0 Å². The number of nitrogens with zero attached hydrogens (tertiary/aromatic N) is 3. The zero-order valence-electron chi connectivity index (χ0n) is 14.5. The molecule has 6 nitrogen and oxygen atoms in total. The number of hydrogen-bond donors (Lipinski definition) is 2. The highest BCUT2D eigenvalue weighted by Crippen LogP contribution is 2.27. The Morgan fingerprint density at radius 1 is 1.33 bits per heavy atom. The number of nitrogens with one attached hydrogen (secondary N) is 2. The molecule has 27 heavy (non-hydrogen) atoms. The van der Waals surface area contributed by atoms with Crippen LogP contribution in [0, 0.1) is 11.6 Å². The van der Waals surface area contributed by atoms with Crippen molar-refractivity contribution < 1.29 is 20.8 Å². The smallest absolute Gasteiger partial charge is 0.168 e. The van der Waals surface area contributed by atoms with Gasteiger partial charge in [-0.2, -0.15) is 0 Å². The lowest BCUT2D eigenvalue weighted by atomic mass is 10.1. The number of anilines is 1. The Labute approximate surface area is 156 Å². The van der Waals surface area contributed by atoms with Crippen molar-refractivity contribution >= 4 is 11.5 Å². The molecule has 4 heterocycles. The third kappa shape index (κ3) is 3.30. The number of rotatable bonds is 4. The number of piperidine rings is 1. The number of aromatic nitrogens is 3. The number of methoxy groups -OCH3 is 1. The number of fused-ring (bicyclic) bond motifs is 1. The predicted octanol–water partition coefficient (Wildman–Crippen LogP) is 3.29. The molecule has 2 atom stereocenters.